The molecular weight excluding hydrogens is 480 g/mol. The van der Waals surface area contributed by atoms with Crippen molar-refractivity contribution in [3.8, 4) is 0 Å². The fourth-order valence-electron chi connectivity index (χ4n) is 0.0825. The Morgan fingerprint density at radius 1 is 0.682 bits per heavy atom. The van der Waals surface area contributed by atoms with Crippen LogP contribution >= 0.6 is 92.8 Å². The average Bonchev–Trinajstić information content (AvgIpc) is 2.35. The van der Waals surface area contributed by atoms with Gasteiger partial charge in [0.2, 0.25) is 10.3 Å². The van der Waals surface area contributed by atoms with Crippen molar-refractivity contribution in [2.45, 2.75) is 7.59 Å². The van der Waals surface area contributed by atoms with E-state index in [1.807, 2.05) is 0 Å². The number of nitrogens with zero attached hydrogens (tertiary/aromatic N) is 2. The van der Waals surface area contributed by atoms with Gasteiger partial charge in [-0.1, -0.05) is 103 Å². The van der Waals surface area contributed by atoms with Gasteiger partial charge in [0.1, 0.15) is 0 Å². The summed E-state index contributed by atoms with van der Waals surface area (Å²) in [5.74, 6) is -2.92. The van der Waals surface area contributed by atoms with E-state index in [4.69, 9.17) is 113 Å². The average molecular weight is 484 g/mol. The molecule has 0 aliphatic carbocycles. The second-order valence-electron chi connectivity index (χ2n) is 2.39. The normalized spacial score (nSPS) is 12.4. The van der Waals surface area contributed by atoms with Gasteiger partial charge in [0.05, 0.1) is 0 Å². The van der Waals surface area contributed by atoms with Gasteiger partial charge in [0.15, 0.2) is 0 Å². The summed E-state index contributed by atoms with van der Waals surface area (Å²) >= 11 is 38.8. The summed E-state index contributed by atoms with van der Waals surface area (Å²) in [6.07, 6.45) is 0. The molecule has 0 amide bonds. The SMILES string of the molecule is O=C(O)C(Cl)(Cl)Cl.O=C(O)C(Cl)(Cl)Cl.ON=C(Cl)C(Cl)=NO. The molecule has 8 nitrogen and oxygen atoms in total. The number of carboxylic acids is 2. The Kier molecular flexibility index (Phi) is 15.5. The minimum Gasteiger partial charge on any atom is -0.478 e. The first kappa shape index (κ1) is 27.1. The number of hydrogen-bond acceptors (Lipinski definition) is 6. The Morgan fingerprint density at radius 2 is 0.818 bits per heavy atom. The first-order chi connectivity index (χ1) is 9.61. The number of carboxylic acid groups (broad SMARTS) is 2. The van der Waals surface area contributed by atoms with Crippen LogP contribution in [-0.2, 0) is 9.59 Å². The molecule has 0 unspecified atom stereocenters. The molecule has 0 aromatic carbocycles. The number of alkyl halides is 6. The predicted molar refractivity (Wildman–Crippen MR) is 86.0 cm³/mol. The highest BCUT2D eigenvalue weighted by atomic mass is 35.6. The van der Waals surface area contributed by atoms with E-state index in [2.05, 4.69) is 10.3 Å². The van der Waals surface area contributed by atoms with Crippen LogP contribution in [0.2, 0.25) is 0 Å². The smallest absolute Gasteiger partial charge is 0.356 e. The molecule has 0 fully saturated rings. The van der Waals surface area contributed by atoms with Crippen LogP contribution in [0.1, 0.15) is 0 Å². The third-order valence-corrected chi connectivity index (χ3v) is 2.41. The highest BCUT2D eigenvalue weighted by molar-refractivity contribution is 7.00. The molecule has 0 aromatic rings. The Bertz CT molecular complexity index is 388. The van der Waals surface area contributed by atoms with Gasteiger partial charge in [-0.2, -0.15) is 0 Å². The second-order valence-corrected chi connectivity index (χ2v) is 7.67. The molecule has 0 heterocycles. The minimum absolute atomic E-state index is 0.450. The molecule has 0 rings (SSSR count). The van der Waals surface area contributed by atoms with Crippen molar-refractivity contribution >= 4 is 115 Å². The quantitative estimate of drug-likeness (QED) is 0.193. The largest absolute Gasteiger partial charge is 0.478 e. The molecular formula is C6H4Cl8N2O6. The summed E-state index contributed by atoms with van der Waals surface area (Å²) in [5, 5.41) is 35.3. The van der Waals surface area contributed by atoms with Crippen LogP contribution in [0.4, 0.5) is 0 Å². The van der Waals surface area contributed by atoms with Crippen molar-refractivity contribution in [3.63, 3.8) is 0 Å². The third kappa shape index (κ3) is 18.2. The molecule has 4 N–H and O–H groups in total. The van der Waals surface area contributed by atoms with Gasteiger partial charge in [-0.05, 0) is 0 Å². The van der Waals surface area contributed by atoms with E-state index < -0.39 is 29.9 Å². The van der Waals surface area contributed by atoms with Gasteiger partial charge in [0.25, 0.3) is 7.59 Å². The molecule has 0 saturated carbocycles. The standard InChI is InChI=1S/2C2HCl3O2.C2H2Cl2N2O2/c2*3-2(4,5)1(6)7;3-1(5-7)2(4)6-8/h2*(H,6,7);7-8H. The van der Waals surface area contributed by atoms with Gasteiger partial charge in [-0.3, -0.25) is 0 Å². The van der Waals surface area contributed by atoms with Crippen molar-refractivity contribution in [3.05, 3.63) is 0 Å². The maximum Gasteiger partial charge on any atom is 0.356 e. The number of aliphatic carboxylic acids is 2. The highest BCUT2D eigenvalue weighted by Gasteiger charge is 2.30. The number of rotatable bonds is 1. The molecule has 0 atom stereocenters. The van der Waals surface area contributed by atoms with E-state index in [1.165, 1.54) is 0 Å². The predicted octanol–water partition coefficient (Wildman–Crippen LogP) is 3.92. The van der Waals surface area contributed by atoms with Crippen LogP contribution in [0, 0.1) is 0 Å². The molecule has 0 bridgehead atoms. The minimum atomic E-state index is -2.17. The monoisotopic (exact) mass is 480 g/mol. The molecule has 0 saturated heterocycles. The van der Waals surface area contributed by atoms with Gasteiger partial charge in [0, 0.05) is 0 Å². The fraction of sp³-hybridized carbons (Fsp3) is 0.333. The summed E-state index contributed by atoms with van der Waals surface area (Å²) < 4.78 is -4.33. The molecule has 16 heteroatoms. The number of oxime groups is 2. The zero-order valence-electron chi connectivity index (χ0n) is 9.52. The molecule has 0 aromatic heterocycles. The summed E-state index contributed by atoms with van der Waals surface area (Å²) in [6, 6.07) is 0. The second kappa shape index (κ2) is 12.6. The molecule has 0 aliphatic rings. The topological polar surface area (TPSA) is 140 Å². The number of halogens is 8. The van der Waals surface area contributed by atoms with Crippen molar-refractivity contribution in [2.24, 2.45) is 10.3 Å². The number of carbonyl (C=O) groups is 2. The summed E-state index contributed by atoms with van der Waals surface area (Å²) in [5.41, 5.74) is 0. The van der Waals surface area contributed by atoms with Gasteiger partial charge in [-0.25, -0.2) is 9.59 Å². The van der Waals surface area contributed by atoms with Crippen LogP contribution in [-0.4, -0.2) is 50.5 Å². The van der Waals surface area contributed by atoms with Crippen LogP contribution in [0.25, 0.3) is 0 Å². The lowest BCUT2D eigenvalue weighted by atomic mass is 10.8. The summed E-state index contributed by atoms with van der Waals surface area (Å²) in [7, 11) is 0. The van der Waals surface area contributed by atoms with E-state index in [0.717, 1.165) is 0 Å². The van der Waals surface area contributed by atoms with Gasteiger partial charge in [-0.15, -0.1) is 0 Å². The van der Waals surface area contributed by atoms with Crippen molar-refractivity contribution in [1.82, 2.24) is 0 Å². The van der Waals surface area contributed by atoms with E-state index >= 15 is 0 Å². The Hall–Kier alpha value is 0.200. The van der Waals surface area contributed by atoms with Crippen LogP contribution in [0.5, 0.6) is 0 Å². The van der Waals surface area contributed by atoms with E-state index in [1.54, 1.807) is 0 Å². The van der Waals surface area contributed by atoms with Crippen LogP contribution < -0.4 is 0 Å². The van der Waals surface area contributed by atoms with E-state index in [-0.39, 0.29) is 0 Å². The maximum absolute atomic E-state index is 9.62. The van der Waals surface area contributed by atoms with Crippen molar-refractivity contribution < 1.29 is 30.2 Å². The first-order valence-electron chi connectivity index (χ1n) is 3.96. The molecule has 22 heavy (non-hydrogen) atoms. The summed E-state index contributed by atoms with van der Waals surface area (Å²) in [6.45, 7) is 0. The van der Waals surface area contributed by atoms with Crippen molar-refractivity contribution in [1.29, 1.82) is 0 Å². The Morgan fingerprint density at radius 3 is 0.864 bits per heavy atom. The Labute approximate surface area is 162 Å². The van der Waals surface area contributed by atoms with Crippen LogP contribution in [0.15, 0.2) is 10.3 Å². The molecule has 0 aliphatic heterocycles. The first-order valence-corrected chi connectivity index (χ1v) is 6.99. The fourth-order valence-corrected chi connectivity index (χ4v) is 0.158. The Balaban J connectivity index is -0.000000247. The van der Waals surface area contributed by atoms with E-state index in [9.17, 15) is 9.59 Å². The third-order valence-electron chi connectivity index (χ3n) is 0.831. The van der Waals surface area contributed by atoms with Crippen molar-refractivity contribution in [2.75, 3.05) is 0 Å². The molecule has 0 spiro atoms. The highest BCUT2D eigenvalue weighted by Crippen LogP contribution is 2.25. The maximum atomic E-state index is 9.62. The molecule has 130 valence electrons. The number of hydrogen-bond donors (Lipinski definition) is 4. The van der Waals surface area contributed by atoms with Gasteiger partial charge < -0.3 is 20.6 Å². The zero-order chi connectivity index (χ0) is 18.7. The van der Waals surface area contributed by atoms with Crippen LogP contribution in [0.3, 0.4) is 0 Å². The zero-order valence-corrected chi connectivity index (χ0v) is 15.6. The molecule has 0 radical (unpaired) electrons. The lowest BCUT2D eigenvalue weighted by Crippen LogP contribution is -2.16. The lowest BCUT2D eigenvalue weighted by molar-refractivity contribution is -0.136. The van der Waals surface area contributed by atoms with E-state index in [0.29, 0.717) is 0 Å². The van der Waals surface area contributed by atoms with Gasteiger partial charge >= 0.3 is 11.9 Å². The summed E-state index contributed by atoms with van der Waals surface area (Å²) in [4.78, 5) is 19.2. The lowest BCUT2D eigenvalue weighted by Gasteiger charge is -1.99.